The van der Waals surface area contributed by atoms with Gasteiger partial charge in [-0.05, 0) is 24.6 Å². The van der Waals surface area contributed by atoms with E-state index in [1.54, 1.807) is 0 Å². The van der Waals surface area contributed by atoms with Crippen LogP contribution in [0.1, 0.15) is 11.1 Å². The molecule has 44 valence electrons. The second kappa shape index (κ2) is 2.43. The summed E-state index contributed by atoms with van der Waals surface area (Å²) in [6.07, 6.45) is 2.80. The minimum atomic E-state index is 1.06. The monoisotopic (exact) mass is 117 g/mol. The number of benzene rings is 1. The van der Waals surface area contributed by atoms with Crippen LogP contribution in [0.25, 0.3) is 0 Å². The molecule has 0 radical (unpaired) electrons. The lowest BCUT2D eigenvalue weighted by Crippen LogP contribution is -1.72. The molecule has 0 aliphatic rings. The molecule has 0 saturated heterocycles. The molecule has 0 bridgehead atoms. The molecule has 0 aliphatic heterocycles. The van der Waals surface area contributed by atoms with Crippen LogP contribution in [0.4, 0.5) is 0 Å². The van der Waals surface area contributed by atoms with E-state index in [0.29, 0.717) is 0 Å². The molecular formula is C9H9+. The molecule has 1 rings (SSSR count). The third kappa shape index (κ3) is 1.38. The van der Waals surface area contributed by atoms with Crippen molar-refractivity contribution in [1.82, 2.24) is 0 Å². The van der Waals surface area contributed by atoms with Gasteiger partial charge in [-0.1, -0.05) is 0 Å². The predicted molar refractivity (Wildman–Crippen MR) is 39.2 cm³/mol. The zero-order valence-corrected chi connectivity index (χ0v) is 5.52. The van der Waals surface area contributed by atoms with Gasteiger partial charge in [-0.25, -0.2) is 0 Å². The second-order valence-corrected chi connectivity index (χ2v) is 2.04. The van der Waals surface area contributed by atoms with E-state index >= 15 is 0 Å². The Morgan fingerprint density at radius 2 is 1.78 bits per heavy atom. The summed E-state index contributed by atoms with van der Waals surface area (Å²) in [6.45, 7) is 5.60. The third-order valence-electron chi connectivity index (χ3n) is 1.26. The largest absolute Gasteiger partial charge is 0.187 e. The molecule has 0 amide bonds. The maximum absolute atomic E-state index is 3.54. The van der Waals surface area contributed by atoms with E-state index < -0.39 is 0 Å². The SMILES string of the molecule is C=[C+]c1ccc(C)cc1. The normalized spacial score (nSPS) is 8.56. The summed E-state index contributed by atoms with van der Waals surface area (Å²) in [6, 6.07) is 8.10. The summed E-state index contributed by atoms with van der Waals surface area (Å²) >= 11 is 0. The first-order valence-corrected chi connectivity index (χ1v) is 2.92. The standard InChI is InChI=1S/C9H9/c1-3-9-6-4-8(2)5-7-9/h4-7H,1H2,2H3/q+1. The van der Waals surface area contributed by atoms with Crippen LogP contribution < -0.4 is 0 Å². The lowest BCUT2D eigenvalue weighted by molar-refractivity contribution is 1.44. The van der Waals surface area contributed by atoms with E-state index in [4.69, 9.17) is 0 Å². The molecule has 0 aliphatic carbocycles. The van der Waals surface area contributed by atoms with Crippen LogP contribution in [0.2, 0.25) is 0 Å². The minimum absolute atomic E-state index is 1.06. The van der Waals surface area contributed by atoms with Crippen molar-refractivity contribution in [3.05, 3.63) is 48.0 Å². The van der Waals surface area contributed by atoms with Crippen LogP contribution >= 0.6 is 0 Å². The molecule has 0 heteroatoms. The lowest BCUT2D eigenvalue weighted by atomic mass is 10.2. The molecule has 0 nitrogen and oxygen atoms in total. The Bertz CT molecular complexity index is 194. The molecular weight excluding hydrogens is 108 g/mol. The van der Waals surface area contributed by atoms with Crippen molar-refractivity contribution in [1.29, 1.82) is 0 Å². The zero-order chi connectivity index (χ0) is 6.69. The van der Waals surface area contributed by atoms with Crippen molar-refractivity contribution in [2.75, 3.05) is 0 Å². The summed E-state index contributed by atoms with van der Waals surface area (Å²) in [5, 5.41) is 0. The molecule has 0 heterocycles. The van der Waals surface area contributed by atoms with Gasteiger partial charge in [-0.15, -0.1) is 0 Å². The Labute approximate surface area is 55.8 Å². The topological polar surface area (TPSA) is 0 Å². The molecule has 0 saturated carbocycles. The van der Waals surface area contributed by atoms with Crippen molar-refractivity contribution in [3.63, 3.8) is 0 Å². The number of hydrogen-bond donors (Lipinski definition) is 0. The van der Waals surface area contributed by atoms with E-state index in [1.807, 2.05) is 24.3 Å². The average Bonchev–Trinajstić information content (AvgIpc) is 1.90. The maximum atomic E-state index is 3.54. The Hall–Kier alpha value is -1.13. The van der Waals surface area contributed by atoms with Gasteiger partial charge in [0, 0.05) is 12.7 Å². The Balaban J connectivity index is 3.01. The van der Waals surface area contributed by atoms with E-state index in [0.717, 1.165) is 5.56 Å². The fraction of sp³-hybridized carbons (Fsp3) is 0.111. The first-order chi connectivity index (χ1) is 4.33. The van der Waals surface area contributed by atoms with Crippen molar-refractivity contribution in [3.8, 4) is 0 Å². The molecule has 0 fully saturated rings. The van der Waals surface area contributed by atoms with Crippen molar-refractivity contribution < 1.29 is 0 Å². The summed E-state index contributed by atoms with van der Waals surface area (Å²) in [7, 11) is 0. The van der Waals surface area contributed by atoms with E-state index in [2.05, 4.69) is 19.6 Å². The highest BCUT2D eigenvalue weighted by Crippen LogP contribution is 2.01. The highest BCUT2D eigenvalue weighted by Gasteiger charge is 1.93. The van der Waals surface area contributed by atoms with Gasteiger partial charge in [0.05, 0.1) is 12.1 Å². The molecule has 0 unspecified atom stereocenters. The van der Waals surface area contributed by atoms with Gasteiger partial charge < -0.3 is 0 Å². The fourth-order valence-electron chi connectivity index (χ4n) is 0.671. The predicted octanol–water partition coefficient (Wildman–Crippen LogP) is 2.33. The molecule has 0 spiro atoms. The van der Waals surface area contributed by atoms with Gasteiger partial charge in [0.25, 0.3) is 0 Å². The Morgan fingerprint density at radius 3 is 2.22 bits per heavy atom. The lowest BCUT2D eigenvalue weighted by Gasteiger charge is -1.82. The smallest absolute Gasteiger partial charge is 0.0374 e. The Morgan fingerprint density at radius 1 is 1.22 bits per heavy atom. The van der Waals surface area contributed by atoms with Gasteiger partial charge in [-0.3, -0.25) is 0 Å². The highest BCUT2D eigenvalue weighted by molar-refractivity contribution is 5.25. The average molecular weight is 117 g/mol. The van der Waals surface area contributed by atoms with Gasteiger partial charge in [0.1, 0.15) is 0 Å². The number of hydrogen-bond acceptors (Lipinski definition) is 0. The molecule has 0 atom stereocenters. The van der Waals surface area contributed by atoms with Gasteiger partial charge in [0.15, 0.2) is 5.56 Å². The Kier molecular flexibility index (Phi) is 1.62. The van der Waals surface area contributed by atoms with Crippen molar-refractivity contribution >= 4 is 0 Å². The first-order valence-electron chi connectivity index (χ1n) is 2.92. The van der Waals surface area contributed by atoms with Crippen LogP contribution in [-0.4, -0.2) is 0 Å². The fourth-order valence-corrected chi connectivity index (χ4v) is 0.671. The maximum Gasteiger partial charge on any atom is 0.187 e. The van der Waals surface area contributed by atoms with Gasteiger partial charge in [-0.2, -0.15) is 0 Å². The van der Waals surface area contributed by atoms with Crippen molar-refractivity contribution in [2.45, 2.75) is 6.92 Å². The highest BCUT2D eigenvalue weighted by atomic mass is 13.9. The van der Waals surface area contributed by atoms with Crippen LogP contribution in [0.15, 0.2) is 30.8 Å². The third-order valence-corrected chi connectivity index (χ3v) is 1.26. The van der Waals surface area contributed by atoms with Crippen LogP contribution in [0.5, 0.6) is 0 Å². The summed E-state index contributed by atoms with van der Waals surface area (Å²) in [5.74, 6) is 0. The van der Waals surface area contributed by atoms with E-state index in [-0.39, 0.29) is 0 Å². The zero-order valence-electron chi connectivity index (χ0n) is 5.52. The molecule has 1 aromatic rings. The summed E-state index contributed by atoms with van der Waals surface area (Å²) in [5.41, 5.74) is 2.33. The second-order valence-electron chi connectivity index (χ2n) is 2.04. The minimum Gasteiger partial charge on any atom is -0.0374 e. The molecule has 9 heavy (non-hydrogen) atoms. The van der Waals surface area contributed by atoms with Gasteiger partial charge >= 0.3 is 0 Å². The number of rotatable bonds is 1. The van der Waals surface area contributed by atoms with E-state index in [9.17, 15) is 0 Å². The van der Waals surface area contributed by atoms with E-state index in [1.165, 1.54) is 5.56 Å². The van der Waals surface area contributed by atoms with Crippen LogP contribution in [-0.2, 0) is 0 Å². The van der Waals surface area contributed by atoms with Crippen molar-refractivity contribution in [2.24, 2.45) is 0 Å². The molecule has 1 aromatic carbocycles. The quantitative estimate of drug-likeness (QED) is 0.495. The summed E-state index contributed by atoms with van der Waals surface area (Å²) < 4.78 is 0. The first kappa shape index (κ1) is 6.00. The summed E-state index contributed by atoms with van der Waals surface area (Å²) in [4.78, 5) is 0. The van der Waals surface area contributed by atoms with Crippen LogP contribution in [0.3, 0.4) is 0 Å². The molecule has 0 aromatic heterocycles. The molecule has 0 N–H and O–H groups in total. The van der Waals surface area contributed by atoms with Gasteiger partial charge in [0.2, 0.25) is 0 Å². The van der Waals surface area contributed by atoms with Crippen LogP contribution in [0, 0.1) is 13.0 Å². The number of aryl methyl sites for hydroxylation is 1.